The van der Waals surface area contributed by atoms with E-state index in [4.69, 9.17) is 11.6 Å². The summed E-state index contributed by atoms with van der Waals surface area (Å²) in [5.74, 6) is 0. The first-order valence-electron chi connectivity index (χ1n) is 7.65. The van der Waals surface area contributed by atoms with Crippen molar-refractivity contribution in [2.24, 2.45) is 0 Å². The first-order valence-corrected chi connectivity index (χ1v) is 10.3. The minimum absolute atomic E-state index is 0.255. The van der Waals surface area contributed by atoms with E-state index in [0.717, 1.165) is 15.4 Å². The first-order chi connectivity index (χ1) is 12.0. The maximum atomic E-state index is 13.4. The molecule has 3 aromatic carbocycles. The summed E-state index contributed by atoms with van der Waals surface area (Å²) >= 11 is 7.70. The van der Waals surface area contributed by atoms with E-state index < -0.39 is 10.0 Å². The number of anilines is 2. The van der Waals surface area contributed by atoms with Gasteiger partial charge in [0.05, 0.1) is 16.3 Å². The molecule has 0 unspecified atom stereocenters. The van der Waals surface area contributed by atoms with Crippen LogP contribution in [0, 0.1) is 6.92 Å². The van der Waals surface area contributed by atoms with Crippen LogP contribution in [0.1, 0.15) is 5.56 Å². The summed E-state index contributed by atoms with van der Waals surface area (Å²) in [5, 5.41) is 0.503. The number of hydrogen-bond acceptors (Lipinski definition) is 3. The smallest absolute Gasteiger partial charge is 0.232 e. The fourth-order valence-electron chi connectivity index (χ4n) is 2.77. The minimum atomic E-state index is -3.76. The first kappa shape index (κ1) is 16.5. The van der Waals surface area contributed by atoms with Crippen molar-refractivity contribution in [3.05, 3.63) is 77.3 Å². The summed E-state index contributed by atoms with van der Waals surface area (Å²) in [7, 11) is -3.76. The number of aryl methyl sites for hydroxylation is 1. The van der Waals surface area contributed by atoms with Gasteiger partial charge in [-0.2, -0.15) is 0 Å². The van der Waals surface area contributed by atoms with Crippen molar-refractivity contribution >= 4 is 44.8 Å². The molecular formula is C19H14ClNO2S2. The number of nitrogens with zero attached hydrogens (tertiary/aromatic N) is 1. The number of benzene rings is 3. The maximum absolute atomic E-state index is 13.4. The van der Waals surface area contributed by atoms with Crippen molar-refractivity contribution in [2.75, 3.05) is 4.31 Å². The Balaban J connectivity index is 1.97. The second-order valence-electron chi connectivity index (χ2n) is 5.76. The molecular weight excluding hydrogens is 374 g/mol. The SMILES string of the molecule is Cc1ccc(S(=O)(=O)N2c3ccccc3Sc3ccc(Cl)cc32)cc1. The molecule has 6 heteroatoms. The molecule has 0 bridgehead atoms. The molecule has 0 N–H and O–H groups in total. The monoisotopic (exact) mass is 387 g/mol. The van der Waals surface area contributed by atoms with Gasteiger partial charge < -0.3 is 0 Å². The predicted molar refractivity (Wildman–Crippen MR) is 103 cm³/mol. The van der Waals surface area contributed by atoms with Crippen molar-refractivity contribution in [3.63, 3.8) is 0 Å². The molecule has 0 aromatic heterocycles. The zero-order valence-electron chi connectivity index (χ0n) is 13.3. The average Bonchev–Trinajstić information content (AvgIpc) is 2.60. The van der Waals surface area contributed by atoms with E-state index in [1.807, 2.05) is 37.3 Å². The van der Waals surface area contributed by atoms with Crippen molar-refractivity contribution in [1.82, 2.24) is 0 Å². The lowest BCUT2D eigenvalue weighted by Crippen LogP contribution is -2.28. The summed E-state index contributed by atoms with van der Waals surface area (Å²) in [6.45, 7) is 1.93. The van der Waals surface area contributed by atoms with Crippen LogP contribution < -0.4 is 4.31 Å². The molecule has 3 aromatic rings. The van der Waals surface area contributed by atoms with E-state index in [1.54, 1.807) is 48.2 Å². The van der Waals surface area contributed by atoms with E-state index in [9.17, 15) is 8.42 Å². The van der Waals surface area contributed by atoms with Crippen LogP contribution in [0.5, 0.6) is 0 Å². The minimum Gasteiger partial charge on any atom is -0.232 e. The Morgan fingerprint density at radius 3 is 2.32 bits per heavy atom. The zero-order valence-corrected chi connectivity index (χ0v) is 15.7. The van der Waals surface area contributed by atoms with Gasteiger partial charge in [-0.05, 0) is 49.4 Å². The second-order valence-corrected chi connectivity index (χ2v) is 9.07. The molecule has 0 fully saturated rings. The molecule has 0 radical (unpaired) electrons. The number of hydrogen-bond donors (Lipinski definition) is 0. The highest BCUT2D eigenvalue weighted by Gasteiger charge is 2.33. The number of fused-ring (bicyclic) bond motifs is 2. The number of halogens is 1. The molecule has 3 nitrogen and oxygen atoms in total. The van der Waals surface area contributed by atoms with Crippen LogP contribution in [0.15, 0.2) is 81.4 Å². The van der Waals surface area contributed by atoms with E-state index in [-0.39, 0.29) is 4.90 Å². The van der Waals surface area contributed by atoms with Gasteiger partial charge in [0, 0.05) is 14.8 Å². The molecule has 1 aliphatic heterocycles. The lowest BCUT2D eigenvalue weighted by atomic mass is 10.2. The Hall–Kier alpha value is -1.95. The summed E-state index contributed by atoms with van der Waals surface area (Å²) in [4.78, 5) is 2.01. The Labute approximate surface area is 156 Å². The van der Waals surface area contributed by atoms with Gasteiger partial charge in [0.15, 0.2) is 0 Å². The molecule has 0 atom stereocenters. The fraction of sp³-hybridized carbons (Fsp3) is 0.0526. The highest BCUT2D eigenvalue weighted by atomic mass is 35.5. The van der Waals surface area contributed by atoms with Crippen LogP contribution in [0.4, 0.5) is 11.4 Å². The highest BCUT2D eigenvalue weighted by molar-refractivity contribution is 8.00. The lowest BCUT2D eigenvalue weighted by Gasteiger charge is -2.32. The van der Waals surface area contributed by atoms with Gasteiger partial charge in [-0.1, -0.05) is 53.2 Å². The van der Waals surface area contributed by atoms with E-state index in [2.05, 4.69) is 0 Å². The largest absolute Gasteiger partial charge is 0.268 e. The third kappa shape index (κ3) is 2.82. The van der Waals surface area contributed by atoms with Crippen molar-refractivity contribution in [1.29, 1.82) is 0 Å². The van der Waals surface area contributed by atoms with Crippen LogP contribution in [0.3, 0.4) is 0 Å². The topological polar surface area (TPSA) is 37.4 Å². The van der Waals surface area contributed by atoms with Crippen LogP contribution in [0.25, 0.3) is 0 Å². The van der Waals surface area contributed by atoms with Gasteiger partial charge in [-0.3, -0.25) is 0 Å². The highest BCUT2D eigenvalue weighted by Crippen LogP contribution is 2.50. The van der Waals surface area contributed by atoms with Gasteiger partial charge in [0.25, 0.3) is 10.0 Å². The zero-order chi connectivity index (χ0) is 17.6. The second kappa shape index (κ2) is 6.09. The lowest BCUT2D eigenvalue weighted by molar-refractivity contribution is 0.595. The molecule has 1 heterocycles. The molecule has 0 saturated carbocycles. The number of para-hydroxylation sites is 1. The predicted octanol–water partition coefficient (Wildman–Crippen LogP) is 5.64. The quantitative estimate of drug-likeness (QED) is 0.571. The van der Waals surface area contributed by atoms with E-state index in [0.29, 0.717) is 16.4 Å². The molecule has 0 spiro atoms. The van der Waals surface area contributed by atoms with Gasteiger partial charge in [0.1, 0.15) is 0 Å². The molecule has 0 saturated heterocycles. The Morgan fingerprint density at radius 2 is 1.56 bits per heavy atom. The van der Waals surface area contributed by atoms with Gasteiger partial charge in [0.2, 0.25) is 0 Å². The molecule has 4 rings (SSSR count). The summed E-state index contributed by atoms with van der Waals surface area (Å²) < 4.78 is 28.2. The van der Waals surface area contributed by atoms with Gasteiger partial charge in [-0.15, -0.1) is 0 Å². The van der Waals surface area contributed by atoms with E-state index in [1.165, 1.54) is 4.31 Å². The molecule has 0 amide bonds. The Bertz CT molecular complexity index is 1060. The third-order valence-electron chi connectivity index (χ3n) is 4.00. The summed E-state index contributed by atoms with van der Waals surface area (Å²) in [6, 6.07) is 19.7. The van der Waals surface area contributed by atoms with Crippen LogP contribution in [-0.4, -0.2) is 8.42 Å². The summed E-state index contributed by atoms with van der Waals surface area (Å²) in [6.07, 6.45) is 0. The van der Waals surface area contributed by atoms with Crippen LogP contribution in [0.2, 0.25) is 5.02 Å². The van der Waals surface area contributed by atoms with Gasteiger partial charge in [-0.25, -0.2) is 12.7 Å². The molecule has 1 aliphatic rings. The molecule has 126 valence electrons. The molecule has 25 heavy (non-hydrogen) atoms. The van der Waals surface area contributed by atoms with Crippen molar-refractivity contribution < 1.29 is 8.42 Å². The van der Waals surface area contributed by atoms with Crippen LogP contribution >= 0.6 is 23.4 Å². The third-order valence-corrected chi connectivity index (χ3v) is 7.11. The van der Waals surface area contributed by atoms with Gasteiger partial charge >= 0.3 is 0 Å². The fourth-order valence-corrected chi connectivity index (χ4v) is 5.61. The van der Waals surface area contributed by atoms with Crippen molar-refractivity contribution in [2.45, 2.75) is 21.6 Å². The number of rotatable bonds is 2. The van der Waals surface area contributed by atoms with Crippen LogP contribution in [-0.2, 0) is 10.0 Å². The summed E-state index contributed by atoms with van der Waals surface area (Å²) in [5.41, 5.74) is 2.23. The Kier molecular flexibility index (Phi) is 4.02. The molecule has 0 aliphatic carbocycles. The van der Waals surface area contributed by atoms with Crippen molar-refractivity contribution in [3.8, 4) is 0 Å². The van der Waals surface area contributed by atoms with E-state index >= 15 is 0 Å². The maximum Gasteiger partial charge on any atom is 0.268 e. The number of sulfonamides is 1. The normalized spacial score (nSPS) is 13.3. The Morgan fingerprint density at radius 1 is 0.880 bits per heavy atom. The average molecular weight is 388 g/mol. The standard InChI is InChI=1S/C19H14ClNO2S2/c1-13-6-9-15(10-7-13)25(22,23)21-16-4-2-3-5-18(16)24-19-11-8-14(20)12-17(19)21/h2-12H,1H3.